The smallest absolute Gasteiger partial charge is 0.265 e. The number of rotatable bonds is 8. The molecule has 5 rings (SSSR count). The summed E-state index contributed by atoms with van der Waals surface area (Å²) >= 11 is 0. The summed E-state index contributed by atoms with van der Waals surface area (Å²) in [6.07, 6.45) is 4.56. The Morgan fingerprint density at radius 2 is 1.56 bits per heavy atom. The first-order valence-corrected chi connectivity index (χ1v) is 12.6. The predicted molar refractivity (Wildman–Crippen MR) is 136 cm³/mol. The monoisotopic (exact) mass is 457 g/mol. The Labute approximate surface area is 202 Å². The van der Waals surface area contributed by atoms with Crippen LogP contribution in [0.25, 0.3) is 0 Å². The minimum Gasteiger partial charge on any atom is -0.385 e. The zero-order valence-corrected chi connectivity index (χ0v) is 20.1. The summed E-state index contributed by atoms with van der Waals surface area (Å²) in [5, 5.41) is 10.7. The second-order valence-corrected chi connectivity index (χ2v) is 10.2. The summed E-state index contributed by atoms with van der Waals surface area (Å²) in [5.41, 5.74) is 1.00. The summed E-state index contributed by atoms with van der Waals surface area (Å²) in [7, 11) is 0. The van der Waals surface area contributed by atoms with Crippen molar-refractivity contribution >= 4 is 11.7 Å². The molecule has 2 aromatic carbocycles. The van der Waals surface area contributed by atoms with Gasteiger partial charge in [0, 0.05) is 25.6 Å². The van der Waals surface area contributed by atoms with Crippen molar-refractivity contribution in [2.45, 2.75) is 50.2 Å². The Hall–Kier alpha value is -2.76. The van der Waals surface area contributed by atoms with E-state index in [1.54, 1.807) is 0 Å². The van der Waals surface area contributed by atoms with Crippen LogP contribution in [-0.2, 0) is 10.3 Å². The topological polar surface area (TPSA) is 56.1 Å². The lowest BCUT2D eigenvalue weighted by atomic mass is 9.83. The van der Waals surface area contributed by atoms with Crippen LogP contribution < -0.4 is 0 Å². The maximum Gasteiger partial charge on any atom is 0.265 e. The van der Waals surface area contributed by atoms with Gasteiger partial charge < -0.3 is 10.0 Å². The first kappa shape index (κ1) is 23.0. The van der Waals surface area contributed by atoms with Crippen molar-refractivity contribution in [3.8, 4) is 0 Å². The van der Waals surface area contributed by atoms with Gasteiger partial charge in [-0.15, -0.1) is 0 Å². The number of amides is 1. The second kappa shape index (κ2) is 9.12. The zero-order valence-electron chi connectivity index (χ0n) is 20.1. The molecule has 0 spiro atoms. The van der Waals surface area contributed by atoms with Gasteiger partial charge in [0.25, 0.3) is 5.91 Å². The van der Waals surface area contributed by atoms with E-state index < -0.39 is 11.1 Å². The minimum absolute atomic E-state index is 0.0714. The molecule has 2 fully saturated rings. The van der Waals surface area contributed by atoms with Crippen molar-refractivity contribution in [3.63, 3.8) is 0 Å². The van der Waals surface area contributed by atoms with Gasteiger partial charge in [0.1, 0.15) is 5.84 Å². The minimum atomic E-state index is -0.996. The van der Waals surface area contributed by atoms with E-state index in [1.807, 2.05) is 72.5 Å². The van der Waals surface area contributed by atoms with E-state index in [-0.39, 0.29) is 5.91 Å². The van der Waals surface area contributed by atoms with Crippen LogP contribution in [0.2, 0.25) is 0 Å². The van der Waals surface area contributed by atoms with Crippen molar-refractivity contribution in [2.24, 2.45) is 10.9 Å². The zero-order chi connectivity index (χ0) is 23.8. The molecule has 0 unspecified atom stereocenters. The third-order valence-corrected chi connectivity index (χ3v) is 7.77. The summed E-state index contributed by atoms with van der Waals surface area (Å²) in [4.78, 5) is 23.8. The van der Waals surface area contributed by atoms with Gasteiger partial charge in [-0.25, -0.2) is 4.99 Å². The Bertz CT molecular complexity index is 1030. The highest BCUT2D eigenvalue weighted by atomic mass is 16.3. The third-order valence-electron chi connectivity index (χ3n) is 7.77. The van der Waals surface area contributed by atoms with E-state index in [4.69, 9.17) is 4.99 Å². The number of aliphatic hydroxyl groups is 1. The van der Waals surface area contributed by atoms with Gasteiger partial charge in [-0.1, -0.05) is 67.2 Å². The van der Waals surface area contributed by atoms with Crippen molar-refractivity contribution in [3.05, 3.63) is 83.9 Å². The average Bonchev–Trinajstić information content (AvgIpc) is 3.66. The van der Waals surface area contributed by atoms with E-state index in [0.29, 0.717) is 12.5 Å². The molecule has 5 heteroatoms. The number of piperidine rings is 1. The quantitative estimate of drug-likeness (QED) is 0.599. The summed E-state index contributed by atoms with van der Waals surface area (Å²) in [5.74, 6) is 1.42. The largest absolute Gasteiger partial charge is 0.385 e. The van der Waals surface area contributed by atoms with E-state index in [2.05, 4.69) is 11.5 Å². The van der Waals surface area contributed by atoms with Crippen molar-refractivity contribution in [1.29, 1.82) is 0 Å². The molecule has 1 aliphatic carbocycles. The highest BCUT2D eigenvalue weighted by molar-refractivity contribution is 6.11. The Morgan fingerprint density at radius 1 is 1.00 bits per heavy atom. The molecule has 2 aromatic rings. The molecule has 34 heavy (non-hydrogen) atoms. The Balaban J connectivity index is 1.35. The van der Waals surface area contributed by atoms with Gasteiger partial charge in [-0.05, 0) is 62.3 Å². The number of hydrogen-bond acceptors (Lipinski definition) is 4. The summed E-state index contributed by atoms with van der Waals surface area (Å²) in [6, 6.07) is 20.0. The van der Waals surface area contributed by atoms with Gasteiger partial charge in [0.15, 0.2) is 5.54 Å². The van der Waals surface area contributed by atoms with E-state index >= 15 is 0 Å². The molecule has 1 amide bonds. The maximum absolute atomic E-state index is 14.2. The van der Waals surface area contributed by atoms with Crippen molar-refractivity contribution in [1.82, 2.24) is 9.80 Å². The van der Waals surface area contributed by atoms with Crippen LogP contribution >= 0.6 is 0 Å². The SMILES string of the molecule is C=C(C)C1(O)CCN(CCCN2C(=O)C(c3ccccc3)(c3ccccc3)N=C2C2CC2)CC1. The van der Waals surface area contributed by atoms with Gasteiger partial charge >= 0.3 is 0 Å². The lowest BCUT2D eigenvalue weighted by Crippen LogP contribution is -2.46. The van der Waals surface area contributed by atoms with Crippen molar-refractivity contribution < 1.29 is 9.90 Å². The first-order chi connectivity index (χ1) is 16.4. The van der Waals surface area contributed by atoms with Crippen LogP contribution in [0.3, 0.4) is 0 Å². The van der Waals surface area contributed by atoms with E-state index in [9.17, 15) is 9.90 Å². The number of amidine groups is 1. The normalized spacial score (nSPS) is 22.0. The maximum atomic E-state index is 14.2. The predicted octanol–water partition coefficient (Wildman–Crippen LogP) is 4.37. The van der Waals surface area contributed by atoms with Crippen LogP contribution in [0.5, 0.6) is 0 Å². The molecular formula is C29H35N3O2. The molecule has 1 saturated carbocycles. The summed E-state index contributed by atoms with van der Waals surface area (Å²) < 4.78 is 0. The van der Waals surface area contributed by atoms with Crippen LogP contribution in [-0.4, -0.2) is 58.4 Å². The molecule has 2 aliphatic heterocycles. The standard InChI is InChI=1S/C29H35N3O2/c1-22(2)28(34)16-20-31(21-17-28)18-9-19-32-26(23-14-15-23)30-29(27(32)33,24-10-5-3-6-11-24)25-12-7-4-8-13-25/h3-8,10-13,23,34H,1,9,14-21H2,2H3. The third kappa shape index (κ3) is 4.12. The Kier molecular flexibility index (Phi) is 6.17. The summed E-state index contributed by atoms with van der Waals surface area (Å²) in [6.45, 7) is 9.19. The molecule has 0 bridgehead atoms. The molecule has 0 aromatic heterocycles. The fourth-order valence-corrected chi connectivity index (χ4v) is 5.38. The van der Waals surface area contributed by atoms with E-state index in [1.165, 1.54) is 0 Å². The fraction of sp³-hybridized carbons (Fsp3) is 0.448. The molecule has 0 atom stereocenters. The van der Waals surface area contributed by atoms with Gasteiger partial charge in [-0.2, -0.15) is 0 Å². The van der Waals surface area contributed by atoms with E-state index in [0.717, 1.165) is 74.3 Å². The highest BCUT2D eigenvalue weighted by Gasteiger charge is 2.53. The molecule has 1 saturated heterocycles. The van der Waals surface area contributed by atoms with Crippen LogP contribution in [0.4, 0.5) is 0 Å². The number of carbonyl (C=O) groups excluding carboxylic acids is 1. The lowest BCUT2D eigenvalue weighted by molar-refractivity contribution is -0.130. The number of carbonyl (C=O) groups is 1. The molecule has 1 N–H and O–H groups in total. The number of nitrogens with zero attached hydrogens (tertiary/aromatic N) is 3. The van der Waals surface area contributed by atoms with Crippen LogP contribution in [0.1, 0.15) is 50.2 Å². The fourth-order valence-electron chi connectivity index (χ4n) is 5.38. The van der Waals surface area contributed by atoms with Gasteiger partial charge in [0.05, 0.1) is 5.60 Å². The van der Waals surface area contributed by atoms with Gasteiger partial charge in [-0.3, -0.25) is 9.69 Å². The molecule has 2 heterocycles. The molecule has 3 aliphatic rings. The highest BCUT2D eigenvalue weighted by Crippen LogP contribution is 2.45. The van der Waals surface area contributed by atoms with Crippen LogP contribution in [0, 0.1) is 5.92 Å². The average molecular weight is 458 g/mol. The number of aliphatic imine (C=N–C) groups is 1. The molecular weight excluding hydrogens is 422 g/mol. The number of likely N-dealkylation sites (tertiary alicyclic amines) is 1. The van der Waals surface area contributed by atoms with Crippen molar-refractivity contribution in [2.75, 3.05) is 26.2 Å². The first-order valence-electron chi connectivity index (χ1n) is 12.6. The Morgan fingerprint density at radius 3 is 2.06 bits per heavy atom. The van der Waals surface area contributed by atoms with Gasteiger partial charge in [0.2, 0.25) is 0 Å². The molecule has 178 valence electrons. The second-order valence-electron chi connectivity index (χ2n) is 10.2. The number of benzene rings is 2. The molecule has 0 radical (unpaired) electrons. The molecule has 5 nitrogen and oxygen atoms in total. The van der Waals surface area contributed by atoms with Crippen LogP contribution in [0.15, 0.2) is 77.8 Å². The lowest BCUT2D eigenvalue weighted by Gasteiger charge is -2.38. The number of hydrogen-bond donors (Lipinski definition) is 1.